The van der Waals surface area contributed by atoms with Crippen LogP contribution in [0, 0.1) is 26.2 Å². The molecule has 0 amide bonds. The van der Waals surface area contributed by atoms with E-state index in [1.807, 2.05) is 6.29 Å². The maximum atomic E-state index is 11.6. The molecular formula is C34H40O5Os. The first-order chi connectivity index (χ1) is 18.9. The van der Waals surface area contributed by atoms with Crippen LogP contribution in [0.15, 0.2) is 54.6 Å². The number of aliphatic hydroxyl groups is 1. The molecule has 0 fully saturated rings. The van der Waals surface area contributed by atoms with Crippen molar-refractivity contribution >= 4 is 6.29 Å². The fourth-order valence-electron chi connectivity index (χ4n) is 5.77. The van der Waals surface area contributed by atoms with Crippen LogP contribution in [0.25, 0.3) is 11.1 Å². The van der Waals surface area contributed by atoms with Gasteiger partial charge in [0.05, 0.1) is 51.3 Å². The normalized spacial score (nSPS) is 13.1. The van der Waals surface area contributed by atoms with Crippen LogP contribution in [0.3, 0.4) is 0 Å². The molecule has 0 atom stereocenters. The standard InChI is InChI=1S/C34H40O5.Os/c1-24(2)22-34(32-19-25(3)5-9-30(32)31-10-6-26(4)20-33(31)34)29-8-7-28(27(21-29)11-12-35)23-39-18-17-38-16-15-37-14-13-36;/h5-11,19-21,24,36H,13-18,22-23H2,1-4H3;. The second-order valence-corrected chi connectivity index (χ2v) is 10.8. The minimum absolute atomic E-state index is 0. The first-order valence-electron chi connectivity index (χ1n) is 13.8. The molecule has 3 aromatic carbocycles. The summed E-state index contributed by atoms with van der Waals surface area (Å²) in [7, 11) is 0. The number of hydrogen-bond donors (Lipinski definition) is 1. The summed E-state index contributed by atoms with van der Waals surface area (Å²) in [5.41, 5.74) is 10.4. The Morgan fingerprint density at radius 2 is 1.40 bits per heavy atom. The number of ether oxygens (including phenoxy) is 3. The summed E-state index contributed by atoms with van der Waals surface area (Å²) < 4.78 is 16.6. The van der Waals surface area contributed by atoms with Crippen molar-refractivity contribution in [3.8, 4) is 11.1 Å². The Balaban J connectivity index is 0.00000441. The van der Waals surface area contributed by atoms with Crippen molar-refractivity contribution in [3.63, 3.8) is 0 Å². The molecule has 3 aromatic rings. The van der Waals surface area contributed by atoms with Gasteiger partial charge in [0.1, 0.15) is 6.61 Å². The molecule has 0 saturated carbocycles. The Morgan fingerprint density at radius 1 is 0.825 bits per heavy atom. The number of aliphatic hydroxyl groups excluding tert-OH is 1. The first-order valence-corrected chi connectivity index (χ1v) is 13.8. The largest absolute Gasteiger partial charge is 0.403 e. The molecule has 0 bridgehead atoms. The van der Waals surface area contributed by atoms with Gasteiger partial charge in [0.25, 0.3) is 0 Å². The number of aryl methyl sites for hydroxylation is 2. The van der Waals surface area contributed by atoms with Crippen molar-refractivity contribution in [1.82, 2.24) is 0 Å². The summed E-state index contributed by atoms with van der Waals surface area (Å²) in [6.45, 7) is 11.3. The second kappa shape index (κ2) is 15.1. The van der Waals surface area contributed by atoms with Crippen LogP contribution in [-0.2, 0) is 50.8 Å². The van der Waals surface area contributed by atoms with E-state index in [0.29, 0.717) is 45.6 Å². The summed E-state index contributed by atoms with van der Waals surface area (Å²) in [6, 6.07) is 20.1. The average molecular weight is 719 g/mol. The molecule has 214 valence electrons. The predicted molar refractivity (Wildman–Crippen MR) is 155 cm³/mol. The molecule has 0 saturated heterocycles. The molecule has 0 spiro atoms. The fourth-order valence-corrected chi connectivity index (χ4v) is 5.77. The van der Waals surface area contributed by atoms with Gasteiger partial charge >= 0.3 is 0 Å². The van der Waals surface area contributed by atoms with E-state index in [1.54, 1.807) is 0 Å². The van der Waals surface area contributed by atoms with E-state index in [4.69, 9.17) is 19.3 Å². The Bertz CT molecular complexity index is 1220. The molecular weight excluding hydrogens is 679 g/mol. The van der Waals surface area contributed by atoms with Gasteiger partial charge in [0, 0.05) is 30.9 Å². The topological polar surface area (TPSA) is 65.0 Å². The molecule has 40 heavy (non-hydrogen) atoms. The summed E-state index contributed by atoms with van der Waals surface area (Å²) in [4.78, 5) is 11.6. The van der Waals surface area contributed by atoms with Gasteiger partial charge in [-0.15, -0.1) is 0 Å². The molecule has 4 rings (SSSR count). The third-order valence-corrected chi connectivity index (χ3v) is 7.36. The van der Waals surface area contributed by atoms with E-state index < -0.39 is 0 Å². The molecule has 0 unspecified atom stereocenters. The second-order valence-electron chi connectivity index (χ2n) is 10.8. The van der Waals surface area contributed by atoms with E-state index in [0.717, 1.165) is 17.5 Å². The minimum Gasteiger partial charge on any atom is -0.403 e. The van der Waals surface area contributed by atoms with Crippen molar-refractivity contribution < 1.29 is 43.9 Å². The number of fused-ring (bicyclic) bond motifs is 3. The maximum absolute atomic E-state index is 11.6. The van der Waals surface area contributed by atoms with E-state index in [-0.39, 0.29) is 31.8 Å². The van der Waals surface area contributed by atoms with Gasteiger partial charge in [0.2, 0.25) is 0 Å². The number of carbonyl (C=O) groups excluding carboxylic acids is 1. The smallest absolute Gasteiger partial charge is 0.100 e. The maximum Gasteiger partial charge on any atom is 0.100 e. The van der Waals surface area contributed by atoms with Crippen LogP contribution in [-0.4, -0.2) is 51.0 Å². The predicted octanol–water partition coefficient (Wildman–Crippen LogP) is 5.87. The van der Waals surface area contributed by atoms with Crippen LogP contribution in [0.2, 0.25) is 0 Å². The molecule has 0 aliphatic heterocycles. The Labute approximate surface area is 252 Å². The van der Waals surface area contributed by atoms with Crippen LogP contribution in [0.4, 0.5) is 0 Å². The van der Waals surface area contributed by atoms with Gasteiger partial charge in [-0.3, -0.25) is 0 Å². The van der Waals surface area contributed by atoms with E-state index in [9.17, 15) is 4.79 Å². The molecule has 6 heteroatoms. The quantitative estimate of drug-likeness (QED) is 0.158. The SMILES string of the molecule is Cc1ccc2c(c1)C(CC(C)C)(c1ccc(COCCOCCOCCO)c([CH+][C-]=O)c1)c1cc(C)ccc1-2.[Os]. The number of rotatable bonds is 15. The molecule has 5 nitrogen and oxygen atoms in total. The Kier molecular flexibility index (Phi) is 12.1. The number of hydrogen-bond acceptors (Lipinski definition) is 5. The van der Waals surface area contributed by atoms with Crippen molar-refractivity contribution in [1.29, 1.82) is 0 Å². The van der Waals surface area contributed by atoms with E-state index in [2.05, 4.69) is 82.3 Å². The van der Waals surface area contributed by atoms with Crippen molar-refractivity contribution in [3.05, 3.63) is 100.0 Å². The van der Waals surface area contributed by atoms with Crippen molar-refractivity contribution in [2.45, 2.75) is 46.1 Å². The number of benzene rings is 3. The van der Waals surface area contributed by atoms with Crippen LogP contribution in [0.1, 0.15) is 59.2 Å². The minimum atomic E-state index is -0.312. The van der Waals surface area contributed by atoms with E-state index in [1.165, 1.54) is 45.4 Å². The molecule has 1 N–H and O–H groups in total. The molecule has 0 heterocycles. The van der Waals surface area contributed by atoms with Gasteiger partial charge in [-0.2, -0.15) is 0 Å². The zero-order chi connectivity index (χ0) is 27.8. The fraction of sp³-hybridized carbons (Fsp3) is 0.412. The van der Waals surface area contributed by atoms with Gasteiger partial charge in [-0.05, 0) is 72.2 Å². The van der Waals surface area contributed by atoms with Crippen molar-refractivity contribution in [2.24, 2.45) is 5.92 Å². The zero-order valence-electron chi connectivity index (χ0n) is 23.9. The molecule has 0 aromatic heterocycles. The third kappa shape index (κ3) is 7.11. The zero-order valence-corrected chi connectivity index (χ0v) is 26.5. The van der Waals surface area contributed by atoms with Gasteiger partial charge in [0.15, 0.2) is 0 Å². The van der Waals surface area contributed by atoms with E-state index >= 15 is 0 Å². The van der Waals surface area contributed by atoms with Gasteiger partial charge < -0.3 is 24.1 Å². The summed E-state index contributed by atoms with van der Waals surface area (Å²) in [5, 5.41) is 8.74. The van der Waals surface area contributed by atoms with Crippen LogP contribution < -0.4 is 0 Å². The Morgan fingerprint density at radius 3 is 1.95 bits per heavy atom. The Hall–Kier alpha value is -2.32. The molecule has 1 aliphatic rings. The van der Waals surface area contributed by atoms with Gasteiger partial charge in [-0.1, -0.05) is 67.8 Å². The first kappa shape index (κ1) is 32.2. The van der Waals surface area contributed by atoms with Crippen molar-refractivity contribution in [2.75, 3.05) is 39.6 Å². The van der Waals surface area contributed by atoms with Gasteiger partial charge in [-0.25, -0.2) is 0 Å². The summed E-state index contributed by atoms with van der Waals surface area (Å²) in [6.07, 6.45) is 4.48. The summed E-state index contributed by atoms with van der Waals surface area (Å²) >= 11 is 0. The van der Waals surface area contributed by atoms with Crippen LogP contribution >= 0.6 is 0 Å². The monoisotopic (exact) mass is 720 g/mol. The molecule has 1 aliphatic carbocycles. The molecule has 0 radical (unpaired) electrons. The average Bonchev–Trinajstić information content (AvgIpc) is 3.17. The third-order valence-electron chi connectivity index (χ3n) is 7.36. The summed E-state index contributed by atoms with van der Waals surface area (Å²) in [5.74, 6) is 0.451. The van der Waals surface area contributed by atoms with Crippen LogP contribution in [0.5, 0.6) is 0 Å².